The number of benzene rings is 1. The molecule has 130 valence electrons. The zero-order valence-corrected chi connectivity index (χ0v) is 15.3. The summed E-state index contributed by atoms with van der Waals surface area (Å²) in [5.41, 5.74) is 2.11. The number of piperazine rings is 1. The van der Waals surface area contributed by atoms with E-state index in [-0.39, 0.29) is 0 Å². The van der Waals surface area contributed by atoms with Gasteiger partial charge >= 0.3 is 0 Å². The SMILES string of the molecule is CCN1CCN(CCCNS(=O)(=O)c2ccc(C)c(C)c2)CC1. The van der Waals surface area contributed by atoms with E-state index in [2.05, 4.69) is 21.4 Å². The molecule has 1 N–H and O–H groups in total. The van der Waals surface area contributed by atoms with E-state index >= 15 is 0 Å². The van der Waals surface area contributed by atoms with Crippen molar-refractivity contribution in [2.75, 3.05) is 45.8 Å². The highest BCUT2D eigenvalue weighted by molar-refractivity contribution is 7.89. The lowest BCUT2D eigenvalue weighted by Gasteiger charge is -2.33. The monoisotopic (exact) mass is 339 g/mol. The molecule has 1 fully saturated rings. The maximum atomic E-state index is 12.3. The van der Waals surface area contributed by atoms with Gasteiger partial charge in [0.1, 0.15) is 0 Å². The number of nitrogens with one attached hydrogen (secondary N) is 1. The lowest BCUT2D eigenvalue weighted by molar-refractivity contribution is 0.136. The van der Waals surface area contributed by atoms with Gasteiger partial charge in [-0.25, -0.2) is 13.1 Å². The van der Waals surface area contributed by atoms with Crippen LogP contribution in [0.2, 0.25) is 0 Å². The van der Waals surface area contributed by atoms with Crippen LogP contribution in [0.1, 0.15) is 24.5 Å². The zero-order valence-electron chi connectivity index (χ0n) is 14.5. The van der Waals surface area contributed by atoms with Gasteiger partial charge in [-0.2, -0.15) is 0 Å². The van der Waals surface area contributed by atoms with Crippen molar-refractivity contribution in [1.29, 1.82) is 0 Å². The molecular formula is C17H29N3O2S. The molecule has 1 aromatic rings. The fraction of sp³-hybridized carbons (Fsp3) is 0.647. The first-order valence-electron chi connectivity index (χ1n) is 8.44. The van der Waals surface area contributed by atoms with Crippen molar-refractivity contribution < 1.29 is 8.42 Å². The van der Waals surface area contributed by atoms with E-state index < -0.39 is 10.0 Å². The third-order valence-corrected chi connectivity index (χ3v) is 6.10. The summed E-state index contributed by atoms with van der Waals surface area (Å²) in [6, 6.07) is 5.27. The third-order valence-electron chi connectivity index (χ3n) is 4.64. The van der Waals surface area contributed by atoms with Crippen LogP contribution in [0.3, 0.4) is 0 Å². The molecule has 0 aliphatic carbocycles. The summed E-state index contributed by atoms with van der Waals surface area (Å²) in [7, 11) is -3.39. The smallest absolute Gasteiger partial charge is 0.240 e. The van der Waals surface area contributed by atoms with Crippen LogP contribution in [0, 0.1) is 13.8 Å². The second-order valence-corrected chi connectivity index (χ2v) is 8.04. The summed E-state index contributed by atoms with van der Waals surface area (Å²) in [6.07, 6.45) is 0.843. The molecule has 1 saturated heterocycles. The summed E-state index contributed by atoms with van der Waals surface area (Å²) in [5, 5.41) is 0. The predicted molar refractivity (Wildman–Crippen MR) is 94.3 cm³/mol. The molecule has 2 rings (SSSR count). The van der Waals surface area contributed by atoms with Crippen LogP contribution in [0.5, 0.6) is 0 Å². The van der Waals surface area contributed by atoms with Crippen molar-refractivity contribution in [3.8, 4) is 0 Å². The lowest BCUT2D eigenvalue weighted by atomic mass is 10.1. The minimum absolute atomic E-state index is 0.358. The summed E-state index contributed by atoms with van der Waals surface area (Å²) in [4.78, 5) is 5.22. The topological polar surface area (TPSA) is 52.6 Å². The highest BCUT2D eigenvalue weighted by Crippen LogP contribution is 2.14. The fourth-order valence-corrected chi connectivity index (χ4v) is 3.96. The third kappa shape index (κ3) is 5.28. The normalized spacial score (nSPS) is 17.5. The van der Waals surface area contributed by atoms with Gasteiger partial charge in [0.15, 0.2) is 0 Å². The van der Waals surface area contributed by atoms with Gasteiger partial charge in [0.2, 0.25) is 10.0 Å². The number of rotatable bonds is 7. The molecule has 0 saturated carbocycles. The molecule has 0 unspecified atom stereocenters. The minimum Gasteiger partial charge on any atom is -0.301 e. The van der Waals surface area contributed by atoms with Gasteiger partial charge < -0.3 is 9.80 Å². The van der Waals surface area contributed by atoms with Crippen LogP contribution < -0.4 is 4.72 Å². The van der Waals surface area contributed by atoms with Gasteiger partial charge in [-0.1, -0.05) is 13.0 Å². The van der Waals surface area contributed by atoms with Crippen molar-refractivity contribution >= 4 is 10.0 Å². The summed E-state index contributed by atoms with van der Waals surface area (Å²) in [5.74, 6) is 0. The maximum absolute atomic E-state index is 12.3. The van der Waals surface area contributed by atoms with Crippen molar-refractivity contribution in [1.82, 2.24) is 14.5 Å². The molecule has 0 amide bonds. The second-order valence-electron chi connectivity index (χ2n) is 6.27. The van der Waals surface area contributed by atoms with E-state index in [1.165, 1.54) is 0 Å². The van der Waals surface area contributed by atoms with Crippen molar-refractivity contribution in [3.63, 3.8) is 0 Å². The van der Waals surface area contributed by atoms with Gasteiger partial charge in [0, 0.05) is 32.7 Å². The van der Waals surface area contributed by atoms with Crippen molar-refractivity contribution in [3.05, 3.63) is 29.3 Å². The lowest BCUT2D eigenvalue weighted by Crippen LogP contribution is -2.46. The molecule has 1 aromatic carbocycles. The summed E-state index contributed by atoms with van der Waals surface area (Å²) in [6.45, 7) is 13.1. The Balaban J connectivity index is 1.76. The molecular weight excluding hydrogens is 310 g/mol. The Kier molecular flexibility index (Phi) is 6.59. The Morgan fingerprint density at radius 2 is 1.70 bits per heavy atom. The fourth-order valence-electron chi connectivity index (χ4n) is 2.80. The van der Waals surface area contributed by atoms with Gasteiger partial charge in [-0.15, -0.1) is 0 Å². The largest absolute Gasteiger partial charge is 0.301 e. The predicted octanol–water partition coefficient (Wildman–Crippen LogP) is 1.61. The van der Waals surface area contributed by atoms with Crippen LogP contribution in [-0.2, 0) is 10.0 Å². The molecule has 0 atom stereocenters. The number of nitrogens with zero attached hydrogens (tertiary/aromatic N) is 2. The molecule has 1 heterocycles. The van der Waals surface area contributed by atoms with E-state index in [4.69, 9.17) is 0 Å². The van der Waals surface area contributed by atoms with Crippen molar-refractivity contribution in [2.45, 2.75) is 32.1 Å². The number of hydrogen-bond donors (Lipinski definition) is 1. The number of likely N-dealkylation sites (N-methyl/N-ethyl adjacent to an activating group) is 1. The van der Waals surface area contributed by atoms with Crippen LogP contribution in [0.25, 0.3) is 0 Å². The highest BCUT2D eigenvalue weighted by atomic mass is 32.2. The average Bonchev–Trinajstić information content (AvgIpc) is 2.54. The Labute approximate surface area is 140 Å². The van der Waals surface area contributed by atoms with Crippen LogP contribution in [0.15, 0.2) is 23.1 Å². The molecule has 1 aliphatic rings. The quantitative estimate of drug-likeness (QED) is 0.767. The van der Waals surface area contributed by atoms with E-state index in [0.29, 0.717) is 11.4 Å². The second kappa shape index (κ2) is 8.24. The molecule has 23 heavy (non-hydrogen) atoms. The first-order chi connectivity index (χ1) is 10.9. The Morgan fingerprint density at radius 1 is 1.04 bits per heavy atom. The van der Waals surface area contributed by atoms with Gasteiger partial charge in [-0.05, 0) is 56.6 Å². The van der Waals surface area contributed by atoms with E-state index in [1.807, 2.05) is 19.9 Å². The molecule has 1 aliphatic heterocycles. The Hall–Kier alpha value is -0.950. The number of aryl methyl sites for hydroxylation is 2. The van der Waals surface area contributed by atoms with Crippen LogP contribution in [-0.4, -0.2) is 64.0 Å². The zero-order chi connectivity index (χ0) is 16.9. The van der Waals surface area contributed by atoms with E-state index in [9.17, 15) is 8.42 Å². The van der Waals surface area contributed by atoms with Gasteiger partial charge in [0.25, 0.3) is 0 Å². The standard InChI is InChI=1S/C17H29N3O2S/c1-4-19-10-12-20(13-11-19)9-5-8-18-23(21,22)17-7-6-15(2)16(3)14-17/h6-7,14,18H,4-5,8-13H2,1-3H3. The summed E-state index contributed by atoms with van der Waals surface area (Å²) >= 11 is 0. The Bertz CT molecular complexity index is 608. The first kappa shape index (κ1) is 18.4. The molecule has 5 nitrogen and oxygen atoms in total. The van der Waals surface area contributed by atoms with Gasteiger partial charge in [0.05, 0.1) is 4.90 Å². The first-order valence-corrected chi connectivity index (χ1v) is 9.92. The van der Waals surface area contributed by atoms with Gasteiger partial charge in [-0.3, -0.25) is 0 Å². The molecule has 6 heteroatoms. The molecule has 0 spiro atoms. The summed E-state index contributed by atoms with van der Waals surface area (Å²) < 4.78 is 27.3. The molecule has 0 radical (unpaired) electrons. The molecule has 0 bridgehead atoms. The average molecular weight is 340 g/mol. The highest BCUT2D eigenvalue weighted by Gasteiger charge is 2.16. The van der Waals surface area contributed by atoms with Crippen LogP contribution in [0.4, 0.5) is 0 Å². The van der Waals surface area contributed by atoms with E-state index in [1.54, 1.807) is 12.1 Å². The van der Waals surface area contributed by atoms with Crippen molar-refractivity contribution in [2.24, 2.45) is 0 Å². The molecule has 0 aromatic heterocycles. The number of hydrogen-bond acceptors (Lipinski definition) is 4. The van der Waals surface area contributed by atoms with E-state index in [0.717, 1.165) is 56.8 Å². The maximum Gasteiger partial charge on any atom is 0.240 e. The van der Waals surface area contributed by atoms with Crippen LogP contribution >= 0.6 is 0 Å². The Morgan fingerprint density at radius 3 is 2.30 bits per heavy atom. The number of sulfonamides is 1. The minimum atomic E-state index is -3.39.